The normalized spacial score (nSPS) is 13.6. The van der Waals surface area contributed by atoms with Crippen molar-refractivity contribution in [3.63, 3.8) is 0 Å². The van der Waals surface area contributed by atoms with Crippen LogP contribution in [0.25, 0.3) is 22.2 Å². The van der Waals surface area contributed by atoms with Crippen molar-refractivity contribution in [2.45, 2.75) is 26.6 Å². The summed E-state index contributed by atoms with van der Waals surface area (Å²) in [6.07, 6.45) is 5.16. The van der Waals surface area contributed by atoms with Gasteiger partial charge in [0.15, 0.2) is 11.5 Å². The van der Waals surface area contributed by atoms with Gasteiger partial charge in [0.25, 0.3) is 5.91 Å². The molecular formula is C24H21FN8O2. The maximum absolute atomic E-state index is 15.4. The minimum Gasteiger partial charge on any atom is -0.354 e. The predicted molar refractivity (Wildman–Crippen MR) is 126 cm³/mol. The Morgan fingerprint density at radius 1 is 1.20 bits per heavy atom. The Balaban J connectivity index is 1.23. The summed E-state index contributed by atoms with van der Waals surface area (Å²) in [6.45, 7) is 3.35. The summed E-state index contributed by atoms with van der Waals surface area (Å²) in [7, 11) is 1.56. The highest BCUT2D eigenvalue weighted by Crippen LogP contribution is 2.27. The maximum Gasteiger partial charge on any atom is 0.331 e. The Bertz CT molecular complexity index is 1660. The van der Waals surface area contributed by atoms with Gasteiger partial charge in [-0.3, -0.25) is 14.1 Å². The van der Waals surface area contributed by atoms with E-state index >= 15 is 4.39 Å². The van der Waals surface area contributed by atoms with Gasteiger partial charge in [0, 0.05) is 55.6 Å². The molecule has 0 atom stereocenters. The maximum atomic E-state index is 15.4. The van der Waals surface area contributed by atoms with Crippen molar-refractivity contribution in [3.8, 4) is 5.69 Å². The van der Waals surface area contributed by atoms with Gasteiger partial charge in [-0.15, -0.1) is 0 Å². The van der Waals surface area contributed by atoms with E-state index in [2.05, 4.69) is 30.3 Å². The molecule has 2 N–H and O–H groups in total. The van der Waals surface area contributed by atoms with Crippen molar-refractivity contribution in [2.24, 2.45) is 0 Å². The van der Waals surface area contributed by atoms with Crippen molar-refractivity contribution in [2.75, 3.05) is 7.05 Å². The second-order valence-electron chi connectivity index (χ2n) is 8.64. The fourth-order valence-corrected chi connectivity index (χ4v) is 4.55. The van der Waals surface area contributed by atoms with Gasteiger partial charge in [-0.25, -0.2) is 23.8 Å². The lowest BCUT2D eigenvalue weighted by atomic mass is 10.1. The molecule has 5 heterocycles. The number of halogens is 1. The summed E-state index contributed by atoms with van der Waals surface area (Å²) in [6, 6.07) is 6.99. The molecule has 5 aromatic rings. The minimum absolute atomic E-state index is 0.167. The van der Waals surface area contributed by atoms with Crippen LogP contribution in [-0.2, 0) is 19.6 Å². The Morgan fingerprint density at radius 3 is 2.80 bits per heavy atom. The fourth-order valence-electron chi connectivity index (χ4n) is 4.55. The van der Waals surface area contributed by atoms with Crippen LogP contribution < -0.4 is 11.0 Å². The molecule has 0 saturated heterocycles. The average molecular weight is 472 g/mol. The standard InChI is InChI=1S/C24H21FN8O2/c1-13-8-32-22(28-13)17-5-3-14(20(25)21(17)29-24(32)35)9-31-10-15-11-33(30-19(15)12-31)16-4-6-18(27-7-16)23(34)26-2/h3-8,11H,9-10,12H2,1-2H3,(H,26,34)(H,29,35). The third-order valence-electron chi connectivity index (χ3n) is 6.25. The van der Waals surface area contributed by atoms with Crippen LogP contribution in [0.15, 0.2) is 47.7 Å². The number of aromatic nitrogens is 6. The lowest BCUT2D eigenvalue weighted by Gasteiger charge is -2.16. The topological polar surface area (TPSA) is 113 Å². The van der Waals surface area contributed by atoms with E-state index in [1.54, 1.807) is 55.3 Å². The fraction of sp³-hybridized carbons (Fsp3) is 0.208. The van der Waals surface area contributed by atoms with Crippen LogP contribution >= 0.6 is 0 Å². The summed E-state index contributed by atoms with van der Waals surface area (Å²) >= 11 is 0. The number of hydrogen-bond donors (Lipinski definition) is 2. The summed E-state index contributed by atoms with van der Waals surface area (Å²) < 4.78 is 18.5. The zero-order chi connectivity index (χ0) is 24.3. The quantitative estimate of drug-likeness (QED) is 0.414. The van der Waals surface area contributed by atoms with Crippen LogP contribution in [0.2, 0.25) is 0 Å². The minimum atomic E-state index is -0.445. The molecular weight excluding hydrogens is 451 g/mol. The van der Waals surface area contributed by atoms with Crippen LogP contribution in [0.4, 0.5) is 4.39 Å². The number of carbonyl (C=O) groups excluding carboxylic acids is 1. The van der Waals surface area contributed by atoms with Gasteiger partial charge in [-0.2, -0.15) is 5.10 Å². The number of aromatic amines is 1. The molecule has 35 heavy (non-hydrogen) atoms. The Labute approximate surface area is 198 Å². The molecule has 0 spiro atoms. The molecule has 0 radical (unpaired) electrons. The summed E-state index contributed by atoms with van der Waals surface area (Å²) in [5, 5.41) is 7.76. The molecule has 0 unspecified atom stereocenters. The molecule has 1 aromatic carbocycles. The van der Waals surface area contributed by atoms with Crippen molar-refractivity contribution < 1.29 is 9.18 Å². The number of rotatable bonds is 4. The first-order valence-electron chi connectivity index (χ1n) is 11.1. The highest BCUT2D eigenvalue weighted by molar-refractivity contribution is 5.92. The number of aryl methyl sites for hydroxylation is 1. The van der Waals surface area contributed by atoms with E-state index in [4.69, 9.17) is 0 Å². The van der Waals surface area contributed by atoms with Crippen molar-refractivity contribution in [3.05, 3.63) is 87.4 Å². The molecule has 0 bridgehead atoms. The Morgan fingerprint density at radius 2 is 2.06 bits per heavy atom. The second-order valence-corrected chi connectivity index (χ2v) is 8.64. The van der Waals surface area contributed by atoms with Gasteiger partial charge in [0.2, 0.25) is 0 Å². The molecule has 11 heteroatoms. The number of benzene rings is 1. The molecule has 10 nitrogen and oxygen atoms in total. The van der Waals surface area contributed by atoms with Gasteiger partial charge in [-0.05, 0) is 25.1 Å². The van der Waals surface area contributed by atoms with Crippen LogP contribution in [0.1, 0.15) is 33.0 Å². The number of H-pyrrole nitrogens is 1. The van der Waals surface area contributed by atoms with E-state index in [0.717, 1.165) is 16.9 Å². The molecule has 0 aliphatic carbocycles. The first-order chi connectivity index (χ1) is 16.9. The molecule has 0 fully saturated rings. The lowest BCUT2D eigenvalue weighted by molar-refractivity contribution is 0.0958. The molecule has 6 rings (SSSR count). The summed E-state index contributed by atoms with van der Waals surface area (Å²) in [4.78, 5) is 37.4. The average Bonchev–Trinajstić information content (AvgIpc) is 3.54. The highest BCUT2D eigenvalue weighted by atomic mass is 19.1. The van der Waals surface area contributed by atoms with Crippen molar-refractivity contribution >= 4 is 22.5 Å². The third kappa shape index (κ3) is 3.48. The zero-order valence-electron chi connectivity index (χ0n) is 19.0. The van der Waals surface area contributed by atoms with Gasteiger partial charge in [0.1, 0.15) is 5.69 Å². The first kappa shape index (κ1) is 21.2. The van der Waals surface area contributed by atoms with Crippen LogP contribution in [0, 0.1) is 12.7 Å². The Kier molecular flexibility index (Phi) is 4.74. The smallest absolute Gasteiger partial charge is 0.331 e. The molecule has 176 valence electrons. The summed E-state index contributed by atoms with van der Waals surface area (Å²) in [5.74, 6) is -0.691. The largest absolute Gasteiger partial charge is 0.354 e. The number of nitrogens with zero attached hydrogens (tertiary/aromatic N) is 6. The van der Waals surface area contributed by atoms with Gasteiger partial charge < -0.3 is 10.3 Å². The van der Waals surface area contributed by atoms with Gasteiger partial charge in [0.05, 0.1) is 28.8 Å². The van der Waals surface area contributed by atoms with E-state index in [1.807, 2.05) is 6.20 Å². The molecule has 1 amide bonds. The van der Waals surface area contributed by atoms with Crippen molar-refractivity contribution in [1.82, 2.24) is 39.3 Å². The second kappa shape index (κ2) is 7.84. The number of amides is 1. The number of hydrogen-bond acceptors (Lipinski definition) is 6. The number of nitrogens with one attached hydrogen (secondary N) is 2. The summed E-state index contributed by atoms with van der Waals surface area (Å²) in [5.41, 5.74) is 4.42. The number of pyridine rings is 1. The molecule has 0 saturated carbocycles. The van der Waals surface area contributed by atoms with E-state index in [0.29, 0.717) is 47.6 Å². The van der Waals surface area contributed by atoms with Gasteiger partial charge >= 0.3 is 5.69 Å². The van der Waals surface area contributed by atoms with E-state index in [9.17, 15) is 9.59 Å². The third-order valence-corrected chi connectivity index (χ3v) is 6.25. The number of carbonyl (C=O) groups is 1. The van der Waals surface area contributed by atoms with Crippen LogP contribution in [-0.4, -0.2) is 47.0 Å². The van der Waals surface area contributed by atoms with E-state index in [1.165, 1.54) is 4.40 Å². The van der Waals surface area contributed by atoms with Crippen LogP contribution in [0.5, 0.6) is 0 Å². The SMILES string of the molecule is CNC(=O)c1ccc(-n2cc3c(n2)CN(Cc2ccc4c([nH]c(=O)n5cc(C)nc45)c2F)C3)cn1. The lowest BCUT2D eigenvalue weighted by Crippen LogP contribution is -2.19. The monoisotopic (exact) mass is 472 g/mol. The highest BCUT2D eigenvalue weighted by Gasteiger charge is 2.25. The van der Waals surface area contributed by atoms with Gasteiger partial charge in [-0.1, -0.05) is 6.07 Å². The zero-order valence-corrected chi connectivity index (χ0v) is 19.0. The number of fused-ring (bicyclic) bond motifs is 4. The van der Waals surface area contributed by atoms with Crippen LogP contribution in [0.3, 0.4) is 0 Å². The molecule has 4 aromatic heterocycles. The molecule has 1 aliphatic heterocycles. The predicted octanol–water partition coefficient (Wildman–Crippen LogP) is 2.08. The molecule has 1 aliphatic rings. The van der Waals surface area contributed by atoms with E-state index < -0.39 is 11.5 Å². The Hall–Kier alpha value is -4.38. The number of imidazole rings is 1. The first-order valence-corrected chi connectivity index (χ1v) is 11.1. The van der Waals surface area contributed by atoms with E-state index in [-0.39, 0.29) is 11.4 Å². The van der Waals surface area contributed by atoms with Crippen molar-refractivity contribution in [1.29, 1.82) is 0 Å².